The molecule has 0 spiro atoms. The van der Waals surface area contributed by atoms with Crippen molar-refractivity contribution in [1.82, 2.24) is 9.97 Å². The molecular formula is C21H21N3O4. The number of hydrogen-bond acceptors (Lipinski definition) is 4. The van der Waals surface area contributed by atoms with Crippen molar-refractivity contribution in [2.24, 2.45) is 0 Å². The fourth-order valence-corrected chi connectivity index (χ4v) is 3.19. The Labute approximate surface area is 161 Å². The Bertz CT molecular complexity index is 1110. The van der Waals surface area contributed by atoms with Crippen molar-refractivity contribution in [3.63, 3.8) is 0 Å². The first-order chi connectivity index (χ1) is 13.4. The molecule has 0 unspecified atom stereocenters. The van der Waals surface area contributed by atoms with E-state index >= 15 is 0 Å². The summed E-state index contributed by atoms with van der Waals surface area (Å²) in [4.78, 5) is 16.8. The lowest BCUT2D eigenvalue weighted by molar-refractivity contribution is -0.742. The average Bonchev–Trinajstić information content (AvgIpc) is 3.12. The molecule has 2 N–H and O–H groups in total. The smallest absolute Gasteiger partial charge is 0.291 e. The number of rotatable bonds is 3. The number of aromatic amines is 1. The van der Waals surface area contributed by atoms with Crippen molar-refractivity contribution < 1.29 is 15.0 Å². The van der Waals surface area contributed by atoms with Crippen LogP contribution in [0.2, 0.25) is 0 Å². The summed E-state index contributed by atoms with van der Waals surface area (Å²) in [6.07, 6.45) is 0. The number of nitrogens with one attached hydrogen (secondary N) is 1. The van der Waals surface area contributed by atoms with Gasteiger partial charge in [0.05, 0.1) is 18.1 Å². The number of benzene rings is 3. The van der Waals surface area contributed by atoms with E-state index in [1.165, 1.54) is 16.3 Å². The largest absolute Gasteiger partial charge is 0.497 e. The zero-order valence-corrected chi connectivity index (χ0v) is 15.8. The minimum atomic E-state index is -1.50. The highest BCUT2D eigenvalue weighted by Crippen LogP contribution is 2.33. The molecule has 4 aromatic rings. The predicted octanol–water partition coefficient (Wildman–Crippen LogP) is 5.17. The van der Waals surface area contributed by atoms with E-state index in [4.69, 9.17) is 25.0 Å². The molecule has 144 valence electrons. The zero-order valence-electron chi connectivity index (χ0n) is 15.8. The summed E-state index contributed by atoms with van der Waals surface area (Å²) in [7, 11) is 1.68. The lowest BCUT2D eigenvalue weighted by Crippen LogP contribution is -1.90. The van der Waals surface area contributed by atoms with Gasteiger partial charge < -0.3 is 14.9 Å². The fourth-order valence-electron chi connectivity index (χ4n) is 3.19. The van der Waals surface area contributed by atoms with Crippen LogP contribution in [-0.4, -0.2) is 27.4 Å². The van der Waals surface area contributed by atoms with E-state index in [-0.39, 0.29) is 0 Å². The van der Waals surface area contributed by atoms with Crippen LogP contribution in [0, 0.1) is 10.1 Å². The lowest BCUT2D eigenvalue weighted by atomic mass is 9.97. The Morgan fingerprint density at radius 3 is 2.39 bits per heavy atom. The predicted molar refractivity (Wildman–Crippen MR) is 108 cm³/mol. The summed E-state index contributed by atoms with van der Waals surface area (Å²) in [6, 6.07) is 18.7. The van der Waals surface area contributed by atoms with Crippen LogP contribution in [0.15, 0.2) is 54.6 Å². The van der Waals surface area contributed by atoms with Crippen LogP contribution in [0.3, 0.4) is 0 Å². The van der Waals surface area contributed by atoms with Gasteiger partial charge in [-0.2, -0.15) is 0 Å². The molecule has 0 saturated carbocycles. The molecule has 0 bridgehead atoms. The highest BCUT2D eigenvalue weighted by molar-refractivity contribution is 6.06. The maximum atomic E-state index is 8.36. The molecule has 1 heterocycles. The molecule has 0 fully saturated rings. The maximum Gasteiger partial charge on any atom is 0.291 e. The van der Waals surface area contributed by atoms with E-state index in [1.807, 2.05) is 24.3 Å². The van der Waals surface area contributed by atoms with E-state index in [0.717, 1.165) is 28.2 Å². The SMILES string of the molecule is COc1ccc(-c2nc3c(C(C)C)cc4ccccc4c3[nH]2)cc1.O=[N+]([O-])O. The van der Waals surface area contributed by atoms with Crippen LogP contribution in [0.4, 0.5) is 0 Å². The highest BCUT2D eigenvalue weighted by atomic mass is 16.9. The van der Waals surface area contributed by atoms with Crippen LogP contribution in [0.5, 0.6) is 5.75 Å². The van der Waals surface area contributed by atoms with Crippen molar-refractivity contribution in [1.29, 1.82) is 0 Å². The first-order valence-corrected chi connectivity index (χ1v) is 8.79. The number of H-pyrrole nitrogens is 1. The number of fused-ring (bicyclic) bond motifs is 3. The van der Waals surface area contributed by atoms with Gasteiger partial charge in [-0.05, 0) is 47.2 Å². The maximum absolute atomic E-state index is 8.36. The second-order valence-electron chi connectivity index (χ2n) is 6.62. The number of methoxy groups -OCH3 is 1. The lowest BCUT2D eigenvalue weighted by Gasteiger charge is -2.08. The van der Waals surface area contributed by atoms with Crippen LogP contribution in [0.25, 0.3) is 33.2 Å². The van der Waals surface area contributed by atoms with Gasteiger partial charge >= 0.3 is 0 Å². The average molecular weight is 379 g/mol. The standard InChI is InChI=1S/C21H20N2O.HNO3/c1-13(2)18-12-15-6-4-5-7-17(15)19-20(18)23-21(22-19)14-8-10-16(24-3)11-9-14;2-1(3)4/h4-13H,1-3H3,(H,22,23);(H,2,3,4). The van der Waals surface area contributed by atoms with E-state index in [2.05, 4.69) is 49.2 Å². The van der Waals surface area contributed by atoms with Gasteiger partial charge in [-0.1, -0.05) is 38.1 Å². The van der Waals surface area contributed by atoms with Gasteiger partial charge in [-0.25, -0.2) is 4.98 Å². The molecule has 7 heteroatoms. The summed E-state index contributed by atoms with van der Waals surface area (Å²) >= 11 is 0. The van der Waals surface area contributed by atoms with Crippen LogP contribution in [0.1, 0.15) is 25.3 Å². The normalized spacial score (nSPS) is 10.7. The van der Waals surface area contributed by atoms with Gasteiger partial charge in [0, 0.05) is 10.9 Å². The molecule has 1 aromatic heterocycles. The monoisotopic (exact) mass is 379 g/mol. The minimum Gasteiger partial charge on any atom is -0.497 e. The quantitative estimate of drug-likeness (QED) is 0.378. The molecule has 0 atom stereocenters. The fraction of sp³-hybridized carbons (Fsp3) is 0.190. The number of hydrogen-bond donors (Lipinski definition) is 2. The van der Waals surface area contributed by atoms with Crippen molar-refractivity contribution in [2.75, 3.05) is 7.11 Å². The van der Waals surface area contributed by atoms with Crippen LogP contribution < -0.4 is 4.74 Å². The van der Waals surface area contributed by atoms with Gasteiger partial charge in [0.2, 0.25) is 0 Å². The van der Waals surface area contributed by atoms with Gasteiger partial charge in [-0.3, -0.25) is 0 Å². The Balaban J connectivity index is 0.000000516. The molecule has 3 aromatic carbocycles. The zero-order chi connectivity index (χ0) is 20.3. The molecule has 0 aliphatic carbocycles. The Morgan fingerprint density at radius 1 is 1.14 bits per heavy atom. The Morgan fingerprint density at radius 2 is 1.79 bits per heavy atom. The summed E-state index contributed by atoms with van der Waals surface area (Å²) in [5, 5.41) is 16.1. The Hall–Kier alpha value is -3.61. The Kier molecular flexibility index (Phi) is 5.44. The third-order valence-corrected chi connectivity index (χ3v) is 4.50. The molecule has 0 amide bonds. The molecule has 7 nitrogen and oxygen atoms in total. The van der Waals surface area contributed by atoms with E-state index in [1.54, 1.807) is 7.11 Å². The first-order valence-electron chi connectivity index (χ1n) is 8.79. The molecule has 0 aliphatic rings. The van der Waals surface area contributed by atoms with E-state index < -0.39 is 5.09 Å². The van der Waals surface area contributed by atoms with Gasteiger partial charge in [0.1, 0.15) is 11.6 Å². The van der Waals surface area contributed by atoms with Crippen molar-refractivity contribution >= 4 is 21.8 Å². The number of aromatic nitrogens is 2. The first kappa shape index (κ1) is 19.2. The highest BCUT2D eigenvalue weighted by Gasteiger charge is 2.14. The van der Waals surface area contributed by atoms with Crippen molar-refractivity contribution in [2.45, 2.75) is 19.8 Å². The molecule has 0 saturated heterocycles. The minimum absolute atomic E-state index is 0.420. The van der Waals surface area contributed by atoms with E-state index in [9.17, 15) is 0 Å². The van der Waals surface area contributed by atoms with Gasteiger partial charge in [0.25, 0.3) is 5.09 Å². The van der Waals surface area contributed by atoms with Crippen molar-refractivity contribution in [3.8, 4) is 17.1 Å². The third-order valence-electron chi connectivity index (χ3n) is 4.50. The molecule has 0 aliphatic heterocycles. The summed E-state index contributed by atoms with van der Waals surface area (Å²) in [5.74, 6) is 2.17. The molecule has 28 heavy (non-hydrogen) atoms. The summed E-state index contributed by atoms with van der Waals surface area (Å²) in [5.41, 5.74) is 4.52. The second kappa shape index (κ2) is 7.96. The van der Waals surface area contributed by atoms with E-state index in [0.29, 0.717) is 5.92 Å². The number of imidazole rings is 1. The summed E-state index contributed by atoms with van der Waals surface area (Å²) in [6.45, 7) is 4.43. The van der Waals surface area contributed by atoms with Crippen molar-refractivity contribution in [3.05, 3.63) is 70.3 Å². The van der Waals surface area contributed by atoms with Gasteiger partial charge in [0.15, 0.2) is 0 Å². The third kappa shape index (κ3) is 3.88. The summed E-state index contributed by atoms with van der Waals surface area (Å²) < 4.78 is 5.24. The van der Waals surface area contributed by atoms with Crippen LogP contribution >= 0.6 is 0 Å². The molecular weight excluding hydrogens is 358 g/mol. The molecule has 0 radical (unpaired) electrons. The second-order valence-corrected chi connectivity index (χ2v) is 6.62. The molecule has 4 rings (SSSR count). The van der Waals surface area contributed by atoms with Crippen LogP contribution in [-0.2, 0) is 0 Å². The van der Waals surface area contributed by atoms with Gasteiger partial charge in [-0.15, -0.1) is 10.1 Å². The number of ether oxygens (including phenoxy) is 1. The number of nitrogens with zero attached hydrogens (tertiary/aromatic N) is 2. The topological polar surface area (TPSA) is 101 Å².